The van der Waals surface area contributed by atoms with Crippen LogP contribution in [0.1, 0.15) is 11.1 Å². The van der Waals surface area contributed by atoms with Crippen LogP contribution in [0.5, 0.6) is 0 Å². The topological polar surface area (TPSA) is 111 Å². The number of nitrogen functional groups attached to an aromatic ring is 1. The first kappa shape index (κ1) is 20.7. The molecule has 2 aromatic carbocycles. The Labute approximate surface area is 193 Å². The van der Waals surface area contributed by atoms with Crippen LogP contribution in [0.15, 0.2) is 47.4 Å². The molecule has 0 fully saturated rings. The second-order valence-electron chi connectivity index (χ2n) is 7.47. The Bertz CT molecular complexity index is 1380. The number of benzene rings is 2. The first-order valence-corrected chi connectivity index (χ1v) is 10.9. The van der Waals surface area contributed by atoms with E-state index < -0.39 is 5.69 Å². The predicted octanol–water partition coefficient (Wildman–Crippen LogP) is 3.50. The molecule has 2 aromatic heterocycles. The summed E-state index contributed by atoms with van der Waals surface area (Å²) in [7, 11) is 0. The number of rotatable bonds is 3. The molecule has 32 heavy (non-hydrogen) atoms. The van der Waals surface area contributed by atoms with Gasteiger partial charge in [-0.05, 0) is 61.3 Å². The molecule has 8 nitrogen and oxygen atoms in total. The van der Waals surface area contributed by atoms with Crippen LogP contribution in [0, 0.1) is 0 Å². The summed E-state index contributed by atoms with van der Waals surface area (Å²) in [5.41, 5.74) is 9.61. The lowest BCUT2D eigenvalue weighted by atomic mass is 10.0. The van der Waals surface area contributed by atoms with E-state index in [0.717, 1.165) is 31.6 Å². The number of aromatic nitrogens is 4. The molecular formula is C22H19Cl2N7O. The van der Waals surface area contributed by atoms with Crippen molar-refractivity contribution in [2.45, 2.75) is 12.8 Å². The van der Waals surface area contributed by atoms with Crippen molar-refractivity contribution in [1.29, 1.82) is 0 Å². The fourth-order valence-corrected chi connectivity index (χ4v) is 4.43. The van der Waals surface area contributed by atoms with Gasteiger partial charge in [0.1, 0.15) is 5.82 Å². The lowest BCUT2D eigenvalue weighted by Gasteiger charge is -2.14. The summed E-state index contributed by atoms with van der Waals surface area (Å²) in [5, 5.41) is 7.58. The smallest absolute Gasteiger partial charge is 0.355 e. The summed E-state index contributed by atoms with van der Waals surface area (Å²) in [6.45, 7) is 1.94. The second-order valence-corrected chi connectivity index (χ2v) is 8.29. The summed E-state index contributed by atoms with van der Waals surface area (Å²) in [4.78, 5) is 25.6. The average molecular weight is 468 g/mol. The number of nitrogens with zero attached hydrogens (tertiary/aromatic N) is 4. The van der Waals surface area contributed by atoms with Gasteiger partial charge in [0.25, 0.3) is 0 Å². The van der Waals surface area contributed by atoms with Crippen LogP contribution in [0.3, 0.4) is 0 Å². The summed E-state index contributed by atoms with van der Waals surface area (Å²) in [5.74, 6) is 0.433. The minimum Gasteiger partial charge on any atom is -0.384 e. The molecule has 1 aliphatic rings. The number of nitrogens with two attached hydrogens (primary N) is 1. The van der Waals surface area contributed by atoms with Gasteiger partial charge in [0.2, 0.25) is 5.95 Å². The maximum atomic E-state index is 12.8. The van der Waals surface area contributed by atoms with Crippen LogP contribution in [-0.4, -0.2) is 32.6 Å². The van der Waals surface area contributed by atoms with Crippen molar-refractivity contribution in [3.8, 4) is 5.69 Å². The van der Waals surface area contributed by atoms with Crippen LogP contribution in [-0.2, 0) is 12.8 Å². The van der Waals surface area contributed by atoms with E-state index in [9.17, 15) is 4.79 Å². The number of para-hydroxylation sites is 1. The van der Waals surface area contributed by atoms with Crippen LogP contribution >= 0.6 is 23.2 Å². The van der Waals surface area contributed by atoms with Crippen molar-refractivity contribution in [3.63, 3.8) is 0 Å². The number of hydrogen-bond acceptors (Lipinski definition) is 7. The predicted molar refractivity (Wildman–Crippen MR) is 127 cm³/mol. The number of anilines is 3. The van der Waals surface area contributed by atoms with E-state index in [1.54, 1.807) is 18.2 Å². The van der Waals surface area contributed by atoms with E-state index in [1.165, 1.54) is 21.9 Å². The molecule has 4 aromatic rings. The Balaban J connectivity index is 1.53. The summed E-state index contributed by atoms with van der Waals surface area (Å²) < 4.78 is 1.17. The minimum absolute atomic E-state index is 0.110. The zero-order valence-corrected chi connectivity index (χ0v) is 18.4. The zero-order valence-electron chi connectivity index (χ0n) is 16.9. The molecule has 1 aliphatic heterocycles. The first-order valence-electron chi connectivity index (χ1n) is 10.1. The molecule has 3 heterocycles. The van der Waals surface area contributed by atoms with Gasteiger partial charge >= 0.3 is 5.69 Å². The molecule has 10 heteroatoms. The van der Waals surface area contributed by atoms with E-state index in [1.807, 2.05) is 6.07 Å². The zero-order chi connectivity index (χ0) is 22.2. The van der Waals surface area contributed by atoms with Gasteiger partial charge in [-0.1, -0.05) is 35.3 Å². The Morgan fingerprint density at radius 2 is 1.78 bits per heavy atom. The third kappa shape index (κ3) is 3.77. The van der Waals surface area contributed by atoms with E-state index in [0.29, 0.717) is 11.3 Å². The fourth-order valence-electron chi connectivity index (χ4n) is 3.86. The molecule has 0 atom stereocenters. The van der Waals surface area contributed by atoms with Crippen LogP contribution in [0.2, 0.25) is 10.0 Å². The van der Waals surface area contributed by atoms with Gasteiger partial charge in [0, 0.05) is 11.9 Å². The molecule has 0 bridgehead atoms. The molecule has 4 N–H and O–H groups in total. The van der Waals surface area contributed by atoms with Crippen LogP contribution in [0.4, 0.5) is 17.5 Å². The Morgan fingerprint density at radius 3 is 2.56 bits per heavy atom. The number of nitrogens with one attached hydrogen (secondary N) is 2. The third-order valence-electron chi connectivity index (χ3n) is 5.44. The molecule has 0 saturated heterocycles. The second kappa shape index (κ2) is 8.38. The maximum absolute atomic E-state index is 12.8. The number of halogens is 2. The highest BCUT2D eigenvalue weighted by Gasteiger charge is 2.17. The van der Waals surface area contributed by atoms with Gasteiger partial charge in [-0.2, -0.15) is 9.97 Å². The van der Waals surface area contributed by atoms with Gasteiger partial charge in [-0.15, -0.1) is 0 Å². The van der Waals surface area contributed by atoms with Gasteiger partial charge in [0.05, 0.1) is 21.1 Å². The lowest BCUT2D eigenvalue weighted by Crippen LogP contribution is -2.25. The number of fused-ring (bicyclic) bond motifs is 2. The van der Waals surface area contributed by atoms with Crippen molar-refractivity contribution < 1.29 is 0 Å². The number of hydrogen-bond donors (Lipinski definition) is 3. The van der Waals surface area contributed by atoms with Crippen LogP contribution in [0.25, 0.3) is 16.7 Å². The quantitative estimate of drug-likeness (QED) is 0.422. The molecule has 0 spiro atoms. The van der Waals surface area contributed by atoms with Crippen molar-refractivity contribution in [2.24, 2.45) is 0 Å². The first-order chi connectivity index (χ1) is 15.5. The van der Waals surface area contributed by atoms with E-state index in [-0.39, 0.29) is 27.2 Å². The minimum atomic E-state index is -0.632. The van der Waals surface area contributed by atoms with Crippen LogP contribution < -0.4 is 22.1 Å². The van der Waals surface area contributed by atoms with Gasteiger partial charge in [-0.25, -0.2) is 14.3 Å². The molecular weight excluding hydrogens is 449 g/mol. The molecule has 162 valence electrons. The molecule has 0 amide bonds. The summed E-state index contributed by atoms with van der Waals surface area (Å²) in [6.07, 6.45) is 3.50. The van der Waals surface area contributed by atoms with Crippen molar-refractivity contribution >= 4 is 51.7 Å². The van der Waals surface area contributed by atoms with E-state index in [4.69, 9.17) is 28.9 Å². The standard InChI is InChI=1S/C22H19Cl2N7O/c23-16-2-1-3-17(24)18(16)31-19(25)15-11-27-21(29-20(15)30-22(31)32)28-14-5-4-12-6-8-26-9-7-13(12)10-14/h1-5,10-11,26H,6-9,25H2,(H,28,29,30,32). The van der Waals surface area contributed by atoms with Gasteiger partial charge in [-0.3, -0.25) is 0 Å². The van der Waals surface area contributed by atoms with E-state index in [2.05, 4.69) is 37.7 Å². The maximum Gasteiger partial charge on any atom is 0.355 e. The highest BCUT2D eigenvalue weighted by molar-refractivity contribution is 6.37. The highest BCUT2D eigenvalue weighted by atomic mass is 35.5. The Kier molecular flexibility index (Phi) is 5.42. The monoisotopic (exact) mass is 467 g/mol. The summed E-state index contributed by atoms with van der Waals surface area (Å²) >= 11 is 12.5. The van der Waals surface area contributed by atoms with E-state index >= 15 is 0 Å². The van der Waals surface area contributed by atoms with Crippen molar-refractivity contribution in [3.05, 3.63) is 74.3 Å². The third-order valence-corrected chi connectivity index (χ3v) is 6.05. The SMILES string of the molecule is Nc1c2cnc(Nc3ccc4c(c3)CCNCC4)nc2nc(=O)n1-c1c(Cl)cccc1Cl. The Morgan fingerprint density at radius 1 is 1.03 bits per heavy atom. The molecule has 0 saturated carbocycles. The summed E-state index contributed by atoms with van der Waals surface area (Å²) in [6, 6.07) is 11.2. The Hall–Kier alpha value is -3.20. The highest BCUT2D eigenvalue weighted by Crippen LogP contribution is 2.30. The molecule has 0 unspecified atom stereocenters. The largest absolute Gasteiger partial charge is 0.384 e. The van der Waals surface area contributed by atoms with Crippen molar-refractivity contribution in [2.75, 3.05) is 24.1 Å². The molecule has 5 rings (SSSR count). The fraction of sp³-hybridized carbons (Fsp3) is 0.182. The molecule has 0 aliphatic carbocycles. The normalized spacial score (nSPS) is 13.6. The molecule has 0 radical (unpaired) electrons. The van der Waals surface area contributed by atoms with Gasteiger partial charge in [0.15, 0.2) is 5.65 Å². The van der Waals surface area contributed by atoms with Gasteiger partial charge < -0.3 is 16.4 Å². The average Bonchev–Trinajstić information content (AvgIpc) is 3.00. The lowest BCUT2D eigenvalue weighted by molar-refractivity contribution is 0.711. The van der Waals surface area contributed by atoms with Crippen molar-refractivity contribution in [1.82, 2.24) is 24.8 Å².